The molecular formula is C21H33N3O3. The first kappa shape index (κ1) is 21.2. The number of carbonyl (C=O) groups excluding carboxylic acids is 2. The van der Waals surface area contributed by atoms with Crippen LogP contribution in [-0.4, -0.2) is 48.5 Å². The van der Waals surface area contributed by atoms with E-state index in [0.717, 1.165) is 18.6 Å². The number of hydrogen-bond donors (Lipinski definition) is 2. The highest BCUT2D eigenvalue weighted by Gasteiger charge is 2.32. The van der Waals surface area contributed by atoms with Gasteiger partial charge in [0.2, 0.25) is 5.91 Å². The van der Waals surface area contributed by atoms with Crippen LogP contribution in [0.3, 0.4) is 0 Å². The molecule has 1 aliphatic rings. The maximum absolute atomic E-state index is 13.0. The summed E-state index contributed by atoms with van der Waals surface area (Å²) in [6.45, 7) is 9.83. The molecule has 2 atom stereocenters. The van der Waals surface area contributed by atoms with Gasteiger partial charge in [-0.2, -0.15) is 0 Å². The zero-order valence-electron chi connectivity index (χ0n) is 16.9. The normalized spacial score (nSPS) is 17.5. The molecule has 1 fully saturated rings. The van der Waals surface area contributed by atoms with Gasteiger partial charge in [0.25, 0.3) is 5.91 Å². The van der Waals surface area contributed by atoms with Gasteiger partial charge in [-0.25, -0.2) is 0 Å². The van der Waals surface area contributed by atoms with E-state index in [2.05, 4.69) is 5.32 Å². The molecule has 0 saturated carbocycles. The van der Waals surface area contributed by atoms with Crippen LogP contribution in [-0.2, 0) is 4.79 Å². The Bertz CT molecular complexity index is 620. The van der Waals surface area contributed by atoms with E-state index in [9.17, 15) is 9.59 Å². The molecule has 2 rings (SSSR count). The lowest BCUT2D eigenvalue weighted by Crippen LogP contribution is -2.53. The lowest BCUT2D eigenvalue weighted by atomic mass is 9.90. The van der Waals surface area contributed by atoms with Gasteiger partial charge in [0.15, 0.2) is 0 Å². The lowest BCUT2D eigenvalue weighted by Gasteiger charge is -2.36. The van der Waals surface area contributed by atoms with Crippen LogP contribution in [0, 0.1) is 11.8 Å². The van der Waals surface area contributed by atoms with Crippen LogP contribution < -0.4 is 15.8 Å². The summed E-state index contributed by atoms with van der Waals surface area (Å²) >= 11 is 0. The minimum Gasteiger partial charge on any atom is -0.494 e. The van der Waals surface area contributed by atoms with Crippen LogP contribution >= 0.6 is 0 Å². The van der Waals surface area contributed by atoms with Gasteiger partial charge in [0.1, 0.15) is 11.8 Å². The zero-order chi connectivity index (χ0) is 20.0. The summed E-state index contributed by atoms with van der Waals surface area (Å²) < 4.78 is 5.40. The second-order valence-corrected chi connectivity index (χ2v) is 7.67. The lowest BCUT2D eigenvalue weighted by molar-refractivity contribution is -0.135. The molecule has 0 bridgehead atoms. The molecule has 0 radical (unpaired) electrons. The molecule has 2 amide bonds. The number of carbonyl (C=O) groups is 2. The van der Waals surface area contributed by atoms with E-state index in [1.807, 2.05) is 32.6 Å². The molecule has 150 valence electrons. The van der Waals surface area contributed by atoms with Gasteiger partial charge in [-0.1, -0.05) is 13.8 Å². The fourth-order valence-corrected chi connectivity index (χ4v) is 3.45. The van der Waals surface area contributed by atoms with Crippen LogP contribution in [0.4, 0.5) is 0 Å². The first-order valence-electron chi connectivity index (χ1n) is 9.91. The minimum atomic E-state index is -0.532. The molecule has 1 aromatic carbocycles. The molecule has 6 heteroatoms. The van der Waals surface area contributed by atoms with Crippen molar-refractivity contribution >= 4 is 11.8 Å². The van der Waals surface area contributed by atoms with Crippen molar-refractivity contribution in [2.75, 3.05) is 19.7 Å². The van der Waals surface area contributed by atoms with E-state index in [1.54, 1.807) is 24.3 Å². The second-order valence-electron chi connectivity index (χ2n) is 7.67. The van der Waals surface area contributed by atoms with Gasteiger partial charge in [-0.15, -0.1) is 0 Å². The molecule has 1 saturated heterocycles. The molecule has 1 aliphatic heterocycles. The number of amides is 2. The topological polar surface area (TPSA) is 84.7 Å². The Balaban J connectivity index is 2.00. The third kappa shape index (κ3) is 5.70. The van der Waals surface area contributed by atoms with Gasteiger partial charge in [0, 0.05) is 24.7 Å². The maximum Gasteiger partial charge on any atom is 0.251 e. The van der Waals surface area contributed by atoms with Crippen molar-refractivity contribution in [1.82, 2.24) is 10.2 Å². The minimum absolute atomic E-state index is 0.00703. The molecule has 6 nitrogen and oxygen atoms in total. The number of benzene rings is 1. The average Bonchev–Trinajstić information content (AvgIpc) is 2.66. The Labute approximate surface area is 162 Å². The smallest absolute Gasteiger partial charge is 0.251 e. The molecular weight excluding hydrogens is 342 g/mol. The Kier molecular flexibility index (Phi) is 7.66. The van der Waals surface area contributed by atoms with E-state index in [4.69, 9.17) is 10.5 Å². The molecule has 1 aromatic rings. The third-order valence-corrected chi connectivity index (χ3v) is 5.24. The zero-order valence-corrected chi connectivity index (χ0v) is 16.9. The summed E-state index contributed by atoms with van der Waals surface area (Å²) in [6, 6.07) is 6.60. The maximum atomic E-state index is 13.0. The van der Waals surface area contributed by atoms with E-state index >= 15 is 0 Å². The summed E-state index contributed by atoms with van der Waals surface area (Å²) in [5.41, 5.74) is 6.51. The number of piperidine rings is 1. The average molecular weight is 376 g/mol. The molecule has 27 heavy (non-hydrogen) atoms. The van der Waals surface area contributed by atoms with Crippen LogP contribution in [0.1, 0.15) is 50.9 Å². The second kappa shape index (κ2) is 9.74. The summed E-state index contributed by atoms with van der Waals surface area (Å²) in [5.74, 6) is 0.950. The van der Waals surface area contributed by atoms with Gasteiger partial charge in [-0.05, 0) is 62.8 Å². The molecule has 3 N–H and O–H groups in total. The summed E-state index contributed by atoms with van der Waals surface area (Å²) in [4.78, 5) is 27.5. The Morgan fingerprint density at radius 2 is 1.78 bits per heavy atom. The predicted octanol–water partition coefficient (Wildman–Crippen LogP) is 2.43. The number of ether oxygens (including phenoxy) is 1. The highest BCUT2D eigenvalue weighted by atomic mass is 16.5. The summed E-state index contributed by atoms with van der Waals surface area (Å²) in [7, 11) is 0. The number of nitrogens with zero attached hydrogens (tertiary/aromatic N) is 1. The van der Waals surface area contributed by atoms with Gasteiger partial charge in [0.05, 0.1) is 6.61 Å². The summed E-state index contributed by atoms with van der Waals surface area (Å²) in [6.07, 6.45) is 1.84. The van der Waals surface area contributed by atoms with Crippen LogP contribution in [0.25, 0.3) is 0 Å². The van der Waals surface area contributed by atoms with Crippen LogP contribution in [0.2, 0.25) is 0 Å². The van der Waals surface area contributed by atoms with E-state index in [0.29, 0.717) is 31.2 Å². The number of rotatable bonds is 7. The number of likely N-dealkylation sites (tertiary alicyclic amines) is 1. The molecule has 1 heterocycles. The van der Waals surface area contributed by atoms with E-state index in [1.165, 1.54) is 0 Å². The van der Waals surface area contributed by atoms with Crippen LogP contribution in [0.15, 0.2) is 24.3 Å². The number of nitrogens with two attached hydrogens (primary N) is 1. The van der Waals surface area contributed by atoms with Crippen molar-refractivity contribution in [3.63, 3.8) is 0 Å². The SMILES string of the molecule is CCOc1ccc(C(=O)NC(C(=O)N2CCC(C(C)N)CC2)C(C)C)cc1. The molecule has 0 spiro atoms. The van der Waals surface area contributed by atoms with Crippen molar-refractivity contribution < 1.29 is 14.3 Å². The Morgan fingerprint density at radius 1 is 1.19 bits per heavy atom. The van der Waals surface area contributed by atoms with Gasteiger partial charge >= 0.3 is 0 Å². The number of nitrogens with one attached hydrogen (secondary N) is 1. The van der Waals surface area contributed by atoms with E-state index in [-0.39, 0.29) is 23.8 Å². The molecule has 0 aromatic heterocycles. The first-order valence-corrected chi connectivity index (χ1v) is 9.91. The largest absolute Gasteiger partial charge is 0.494 e. The Hall–Kier alpha value is -2.08. The van der Waals surface area contributed by atoms with Crippen molar-refractivity contribution in [1.29, 1.82) is 0 Å². The standard InChI is InChI=1S/C21H33N3O3/c1-5-27-18-8-6-17(7-9-18)20(25)23-19(14(2)3)21(26)24-12-10-16(11-13-24)15(4)22/h6-9,14-16,19H,5,10-13,22H2,1-4H3,(H,23,25). The van der Waals surface area contributed by atoms with Crippen molar-refractivity contribution in [3.8, 4) is 5.75 Å². The highest BCUT2D eigenvalue weighted by molar-refractivity contribution is 5.97. The van der Waals surface area contributed by atoms with Crippen molar-refractivity contribution in [2.24, 2.45) is 17.6 Å². The van der Waals surface area contributed by atoms with Crippen molar-refractivity contribution in [2.45, 2.75) is 52.6 Å². The van der Waals surface area contributed by atoms with E-state index < -0.39 is 6.04 Å². The molecule has 0 aliphatic carbocycles. The fourth-order valence-electron chi connectivity index (χ4n) is 3.45. The monoisotopic (exact) mass is 375 g/mol. The Morgan fingerprint density at radius 3 is 2.26 bits per heavy atom. The van der Waals surface area contributed by atoms with Gasteiger partial charge in [-0.3, -0.25) is 9.59 Å². The van der Waals surface area contributed by atoms with Crippen LogP contribution in [0.5, 0.6) is 5.75 Å². The molecule has 2 unspecified atom stereocenters. The predicted molar refractivity (Wildman–Crippen MR) is 107 cm³/mol. The highest BCUT2D eigenvalue weighted by Crippen LogP contribution is 2.21. The van der Waals surface area contributed by atoms with Gasteiger partial charge < -0.3 is 20.7 Å². The number of hydrogen-bond acceptors (Lipinski definition) is 4. The quantitative estimate of drug-likeness (QED) is 0.766. The summed E-state index contributed by atoms with van der Waals surface area (Å²) in [5, 5.41) is 2.92. The third-order valence-electron chi connectivity index (χ3n) is 5.24. The fraction of sp³-hybridized carbons (Fsp3) is 0.619. The van der Waals surface area contributed by atoms with Crippen molar-refractivity contribution in [3.05, 3.63) is 29.8 Å². The first-order chi connectivity index (χ1) is 12.8.